The third-order valence-corrected chi connectivity index (χ3v) is 7.58. The molecule has 0 bridgehead atoms. The molecule has 1 aliphatic heterocycles. The number of hydrogen-bond acceptors (Lipinski definition) is 7. The van der Waals surface area contributed by atoms with Gasteiger partial charge in [0.2, 0.25) is 6.79 Å². The van der Waals surface area contributed by atoms with Gasteiger partial charge in [0, 0.05) is 10.4 Å². The van der Waals surface area contributed by atoms with Crippen molar-refractivity contribution in [2.45, 2.75) is 32.8 Å². The van der Waals surface area contributed by atoms with Crippen molar-refractivity contribution >= 4 is 21.6 Å². The Labute approximate surface area is 200 Å². The van der Waals surface area contributed by atoms with E-state index in [2.05, 4.69) is 11.9 Å². The molecule has 34 heavy (non-hydrogen) atoms. The Morgan fingerprint density at radius 3 is 2.91 bits per heavy atom. The second-order valence-electron chi connectivity index (χ2n) is 8.79. The molecule has 0 saturated carbocycles. The van der Waals surface area contributed by atoms with Gasteiger partial charge < -0.3 is 23.9 Å². The van der Waals surface area contributed by atoms with Crippen molar-refractivity contribution in [2.24, 2.45) is 5.92 Å². The summed E-state index contributed by atoms with van der Waals surface area (Å²) in [6, 6.07) is 11.3. The van der Waals surface area contributed by atoms with Gasteiger partial charge in [-0.3, -0.25) is 4.79 Å². The normalized spacial score (nSPS) is 16.5. The van der Waals surface area contributed by atoms with Gasteiger partial charge in [0.25, 0.3) is 5.56 Å². The van der Waals surface area contributed by atoms with Crippen LogP contribution in [-0.4, -0.2) is 23.9 Å². The Balaban J connectivity index is 1.28. The lowest BCUT2D eigenvalue weighted by atomic mass is 9.89. The molecule has 0 fully saturated rings. The summed E-state index contributed by atoms with van der Waals surface area (Å²) in [4.78, 5) is 22.9. The molecule has 8 heteroatoms. The Morgan fingerprint density at radius 1 is 1.15 bits per heavy atom. The first kappa shape index (κ1) is 21.0. The number of thiophene rings is 1. The number of benzene rings is 2. The average Bonchev–Trinajstić information content (AvgIpc) is 3.46. The summed E-state index contributed by atoms with van der Waals surface area (Å²) in [6.45, 7) is 2.86. The third kappa shape index (κ3) is 3.68. The van der Waals surface area contributed by atoms with Crippen molar-refractivity contribution in [1.29, 1.82) is 0 Å². The Kier molecular flexibility index (Phi) is 5.17. The molecule has 1 aliphatic carbocycles. The molecule has 0 amide bonds. The number of rotatable bonds is 5. The number of fused-ring (bicyclic) bond motifs is 4. The van der Waals surface area contributed by atoms with Crippen LogP contribution in [0, 0.1) is 5.92 Å². The van der Waals surface area contributed by atoms with E-state index in [1.54, 1.807) is 18.4 Å². The fraction of sp³-hybridized carbons (Fsp3) is 0.308. The van der Waals surface area contributed by atoms with Crippen LogP contribution in [0.3, 0.4) is 0 Å². The van der Waals surface area contributed by atoms with Crippen LogP contribution in [0.4, 0.5) is 0 Å². The Hall–Kier alpha value is -3.52. The van der Waals surface area contributed by atoms with E-state index in [0.717, 1.165) is 52.1 Å². The maximum atomic E-state index is 13.0. The molecule has 2 aromatic heterocycles. The Morgan fingerprint density at radius 2 is 2.03 bits per heavy atom. The first-order valence-electron chi connectivity index (χ1n) is 11.3. The molecule has 1 unspecified atom stereocenters. The van der Waals surface area contributed by atoms with Gasteiger partial charge in [-0.15, -0.1) is 11.3 Å². The van der Waals surface area contributed by atoms with Crippen molar-refractivity contribution in [1.82, 2.24) is 9.97 Å². The molecule has 0 saturated heterocycles. The van der Waals surface area contributed by atoms with Crippen molar-refractivity contribution < 1.29 is 18.9 Å². The molecule has 2 aromatic carbocycles. The summed E-state index contributed by atoms with van der Waals surface area (Å²) in [5, 5.41) is 0.756. The fourth-order valence-electron chi connectivity index (χ4n) is 4.61. The van der Waals surface area contributed by atoms with Gasteiger partial charge in [0.15, 0.2) is 23.0 Å². The SMILES string of the molecule is COc1cc(-c2nc3sc4c(c3c(=O)[nH]2)CCC(C)C4)ccc1OCc1ccc2c(c1)OCO2. The molecule has 174 valence electrons. The number of methoxy groups -OCH3 is 1. The van der Waals surface area contributed by atoms with Gasteiger partial charge >= 0.3 is 0 Å². The van der Waals surface area contributed by atoms with Crippen LogP contribution >= 0.6 is 11.3 Å². The molecule has 2 aliphatic rings. The number of H-pyrrole nitrogens is 1. The first-order valence-corrected chi connectivity index (χ1v) is 12.1. The largest absolute Gasteiger partial charge is 0.493 e. The van der Waals surface area contributed by atoms with Crippen LogP contribution < -0.4 is 24.5 Å². The topological polar surface area (TPSA) is 82.7 Å². The minimum absolute atomic E-state index is 0.0749. The highest BCUT2D eigenvalue weighted by molar-refractivity contribution is 7.18. The third-order valence-electron chi connectivity index (χ3n) is 6.43. The van der Waals surface area contributed by atoms with Crippen molar-refractivity contribution in [3.05, 3.63) is 62.8 Å². The van der Waals surface area contributed by atoms with Gasteiger partial charge in [-0.25, -0.2) is 4.98 Å². The molecule has 6 rings (SSSR count). The zero-order chi connectivity index (χ0) is 23.2. The average molecular weight is 477 g/mol. The fourth-order valence-corrected chi connectivity index (χ4v) is 5.99. The smallest absolute Gasteiger partial charge is 0.260 e. The van der Waals surface area contributed by atoms with E-state index in [1.165, 1.54) is 10.4 Å². The van der Waals surface area contributed by atoms with Crippen LogP contribution in [0.1, 0.15) is 29.3 Å². The van der Waals surface area contributed by atoms with E-state index in [0.29, 0.717) is 29.8 Å². The van der Waals surface area contributed by atoms with Crippen LogP contribution in [0.5, 0.6) is 23.0 Å². The van der Waals surface area contributed by atoms with Gasteiger partial charge in [-0.1, -0.05) is 13.0 Å². The first-order chi connectivity index (χ1) is 16.6. The number of nitrogens with one attached hydrogen (secondary N) is 1. The summed E-state index contributed by atoms with van der Waals surface area (Å²) in [6.07, 6.45) is 3.09. The summed E-state index contributed by atoms with van der Waals surface area (Å²) in [5.41, 5.74) is 2.84. The monoisotopic (exact) mass is 476 g/mol. The van der Waals surface area contributed by atoms with Crippen molar-refractivity contribution in [3.8, 4) is 34.4 Å². The number of ether oxygens (including phenoxy) is 4. The van der Waals surface area contributed by atoms with E-state index in [4.69, 9.17) is 23.9 Å². The van der Waals surface area contributed by atoms with Gasteiger partial charge in [0.05, 0.1) is 12.5 Å². The summed E-state index contributed by atoms with van der Waals surface area (Å²) in [7, 11) is 1.60. The number of aromatic nitrogens is 2. The van der Waals surface area contributed by atoms with Crippen LogP contribution in [-0.2, 0) is 19.4 Å². The zero-order valence-corrected chi connectivity index (χ0v) is 19.8. The lowest BCUT2D eigenvalue weighted by molar-refractivity contribution is 0.174. The van der Waals surface area contributed by atoms with Crippen LogP contribution in [0.25, 0.3) is 21.6 Å². The van der Waals surface area contributed by atoms with Crippen molar-refractivity contribution in [2.75, 3.05) is 13.9 Å². The Bertz CT molecular complexity index is 1460. The quantitative estimate of drug-likeness (QED) is 0.432. The standard InChI is InChI=1S/C26H24N2O5S/c1-14-3-6-17-22(9-14)34-26-23(17)25(29)27-24(28-26)16-5-8-18(20(11-16)30-2)31-12-15-4-7-19-21(10-15)33-13-32-19/h4-5,7-8,10-11,14H,3,6,9,12-13H2,1-2H3,(H,27,28,29). The van der Waals surface area contributed by atoms with Gasteiger partial charge in [0.1, 0.15) is 17.3 Å². The summed E-state index contributed by atoms with van der Waals surface area (Å²) < 4.78 is 22.4. The lowest BCUT2D eigenvalue weighted by Gasteiger charge is -2.17. The van der Waals surface area contributed by atoms with E-state index in [9.17, 15) is 4.79 Å². The minimum Gasteiger partial charge on any atom is -0.493 e. The van der Waals surface area contributed by atoms with E-state index >= 15 is 0 Å². The zero-order valence-electron chi connectivity index (χ0n) is 19.0. The second kappa shape index (κ2) is 8.36. The van der Waals surface area contributed by atoms with Crippen LogP contribution in [0.2, 0.25) is 0 Å². The molecule has 0 radical (unpaired) electrons. The minimum atomic E-state index is -0.0749. The molecule has 4 aromatic rings. The number of nitrogens with zero attached hydrogens (tertiary/aromatic N) is 1. The maximum absolute atomic E-state index is 13.0. The highest BCUT2D eigenvalue weighted by atomic mass is 32.1. The summed E-state index contributed by atoms with van der Waals surface area (Å²) in [5.74, 6) is 3.82. The van der Waals surface area contributed by atoms with E-state index in [1.807, 2.05) is 36.4 Å². The number of aromatic amines is 1. The molecule has 7 nitrogen and oxygen atoms in total. The van der Waals surface area contributed by atoms with E-state index < -0.39 is 0 Å². The lowest BCUT2D eigenvalue weighted by Crippen LogP contribution is -2.13. The number of aryl methyl sites for hydroxylation is 1. The second-order valence-corrected chi connectivity index (χ2v) is 9.87. The van der Waals surface area contributed by atoms with E-state index in [-0.39, 0.29) is 12.4 Å². The van der Waals surface area contributed by atoms with Gasteiger partial charge in [-0.05, 0) is 66.6 Å². The van der Waals surface area contributed by atoms with Crippen LogP contribution in [0.15, 0.2) is 41.2 Å². The van der Waals surface area contributed by atoms with Gasteiger partial charge in [-0.2, -0.15) is 0 Å². The maximum Gasteiger partial charge on any atom is 0.260 e. The molecular formula is C26H24N2O5S. The number of hydrogen-bond donors (Lipinski definition) is 1. The highest BCUT2D eigenvalue weighted by Gasteiger charge is 2.23. The molecule has 1 atom stereocenters. The summed E-state index contributed by atoms with van der Waals surface area (Å²) >= 11 is 1.65. The highest BCUT2D eigenvalue weighted by Crippen LogP contribution is 2.38. The predicted octanol–water partition coefficient (Wildman–Crippen LogP) is 5.09. The van der Waals surface area contributed by atoms with Crippen molar-refractivity contribution in [3.63, 3.8) is 0 Å². The molecular weight excluding hydrogens is 452 g/mol. The molecule has 3 heterocycles. The predicted molar refractivity (Wildman–Crippen MR) is 130 cm³/mol. The molecule has 0 spiro atoms. The molecule has 1 N–H and O–H groups in total.